The van der Waals surface area contributed by atoms with E-state index >= 15 is 0 Å². The molecule has 0 bridgehead atoms. The highest BCUT2D eigenvalue weighted by atomic mass is 16.5. The van der Waals surface area contributed by atoms with Gasteiger partial charge in [-0.2, -0.15) is 0 Å². The van der Waals surface area contributed by atoms with Gasteiger partial charge in [-0.15, -0.1) is 0 Å². The molecule has 2 heteroatoms. The molecule has 0 radical (unpaired) electrons. The summed E-state index contributed by atoms with van der Waals surface area (Å²) in [6.45, 7) is 4.22. The highest BCUT2D eigenvalue weighted by Crippen LogP contribution is 2.19. The van der Waals surface area contributed by atoms with Crippen molar-refractivity contribution in [3.63, 3.8) is 0 Å². The van der Waals surface area contributed by atoms with E-state index in [-0.39, 0.29) is 0 Å². The van der Waals surface area contributed by atoms with Gasteiger partial charge in [0.05, 0.1) is 6.61 Å². The molecule has 1 N–H and O–H groups in total. The molecule has 0 aromatic carbocycles. The van der Waals surface area contributed by atoms with Gasteiger partial charge < -0.3 is 10.1 Å². The highest BCUT2D eigenvalue weighted by molar-refractivity contribution is 4.94. The molecule has 1 saturated heterocycles. The van der Waals surface area contributed by atoms with Crippen molar-refractivity contribution in [2.45, 2.75) is 44.7 Å². The standard InChI is InChI=1S/C12H21NO/c1-10(11-7-8-14-9-11)13-12-5-3-2-4-6-12/h2-3,10-13H,4-9H2,1H3. The summed E-state index contributed by atoms with van der Waals surface area (Å²) in [7, 11) is 0. The fourth-order valence-corrected chi connectivity index (χ4v) is 2.40. The summed E-state index contributed by atoms with van der Waals surface area (Å²) in [5.74, 6) is 0.737. The molecule has 2 nitrogen and oxygen atoms in total. The molecule has 14 heavy (non-hydrogen) atoms. The monoisotopic (exact) mass is 195 g/mol. The Morgan fingerprint density at radius 2 is 2.29 bits per heavy atom. The summed E-state index contributed by atoms with van der Waals surface area (Å²) >= 11 is 0. The molecule has 1 aliphatic heterocycles. The van der Waals surface area contributed by atoms with Gasteiger partial charge in [0, 0.05) is 18.7 Å². The molecule has 80 valence electrons. The molecule has 0 aromatic heterocycles. The van der Waals surface area contributed by atoms with Crippen LogP contribution < -0.4 is 5.32 Å². The van der Waals surface area contributed by atoms with Crippen LogP contribution in [0.15, 0.2) is 12.2 Å². The second-order valence-electron chi connectivity index (χ2n) is 4.56. The van der Waals surface area contributed by atoms with Crippen LogP contribution in [0.3, 0.4) is 0 Å². The minimum Gasteiger partial charge on any atom is -0.381 e. The summed E-state index contributed by atoms with van der Waals surface area (Å²) in [6, 6.07) is 1.32. The van der Waals surface area contributed by atoms with Crippen molar-refractivity contribution in [1.82, 2.24) is 5.32 Å². The predicted molar refractivity (Wildman–Crippen MR) is 58.3 cm³/mol. The van der Waals surface area contributed by atoms with Crippen LogP contribution in [-0.4, -0.2) is 25.3 Å². The summed E-state index contributed by atoms with van der Waals surface area (Å²) in [6.07, 6.45) is 9.58. The molecule has 1 fully saturated rings. The third kappa shape index (κ3) is 2.58. The van der Waals surface area contributed by atoms with Crippen molar-refractivity contribution < 1.29 is 4.74 Å². The first-order chi connectivity index (χ1) is 6.86. The zero-order chi connectivity index (χ0) is 9.80. The third-order valence-corrected chi connectivity index (χ3v) is 3.44. The van der Waals surface area contributed by atoms with Gasteiger partial charge in [0.2, 0.25) is 0 Å². The van der Waals surface area contributed by atoms with E-state index < -0.39 is 0 Å². The van der Waals surface area contributed by atoms with Gasteiger partial charge in [-0.25, -0.2) is 0 Å². The van der Waals surface area contributed by atoms with E-state index in [1.165, 1.54) is 25.7 Å². The molecule has 3 atom stereocenters. The van der Waals surface area contributed by atoms with Crippen LogP contribution in [-0.2, 0) is 4.74 Å². The average molecular weight is 195 g/mol. The van der Waals surface area contributed by atoms with Gasteiger partial charge in [-0.05, 0) is 38.5 Å². The minimum absolute atomic E-state index is 0.619. The second-order valence-corrected chi connectivity index (χ2v) is 4.56. The lowest BCUT2D eigenvalue weighted by molar-refractivity contribution is 0.176. The maximum atomic E-state index is 5.41. The van der Waals surface area contributed by atoms with E-state index in [1.807, 2.05) is 0 Å². The molecule has 2 aliphatic rings. The van der Waals surface area contributed by atoms with Crippen LogP contribution in [0.25, 0.3) is 0 Å². The fourth-order valence-electron chi connectivity index (χ4n) is 2.40. The van der Waals surface area contributed by atoms with Crippen molar-refractivity contribution in [3.8, 4) is 0 Å². The molecule has 0 amide bonds. The lowest BCUT2D eigenvalue weighted by Crippen LogP contribution is -2.41. The smallest absolute Gasteiger partial charge is 0.0509 e. The maximum Gasteiger partial charge on any atom is 0.0509 e. The Bertz CT molecular complexity index is 196. The molecular formula is C12H21NO. The maximum absolute atomic E-state index is 5.41. The van der Waals surface area contributed by atoms with Gasteiger partial charge in [-0.1, -0.05) is 12.2 Å². The molecule has 2 rings (SSSR count). The average Bonchev–Trinajstić information content (AvgIpc) is 2.72. The predicted octanol–water partition coefficient (Wildman–Crippen LogP) is 2.11. The van der Waals surface area contributed by atoms with Crippen LogP contribution in [0.5, 0.6) is 0 Å². The van der Waals surface area contributed by atoms with Crippen molar-refractivity contribution in [1.29, 1.82) is 0 Å². The topological polar surface area (TPSA) is 21.3 Å². The zero-order valence-electron chi connectivity index (χ0n) is 9.04. The van der Waals surface area contributed by atoms with Gasteiger partial charge >= 0.3 is 0 Å². The normalized spacial score (nSPS) is 34.6. The number of hydrogen-bond acceptors (Lipinski definition) is 2. The Kier molecular flexibility index (Phi) is 3.60. The molecular weight excluding hydrogens is 174 g/mol. The molecule has 3 unspecified atom stereocenters. The van der Waals surface area contributed by atoms with E-state index in [1.54, 1.807) is 0 Å². The minimum atomic E-state index is 0.619. The Balaban J connectivity index is 1.75. The summed E-state index contributed by atoms with van der Waals surface area (Å²) in [5, 5.41) is 3.73. The van der Waals surface area contributed by atoms with Gasteiger partial charge in [-0.3, -0.25) is 0 Å². The van der Waals surface area contributed by atoms with E-state index in [9.17, 15) is 0 Å². The first kappa shape index (κ1) is 10.2. The fraction of sp³-hybridized carbons (Fsp3) is 0.833. The van der Waals surface area contributed by atoms with E-state index in [2.05, 4.69) is 24.4 Å². The van der Waals surface area contributed by atoms with Crippen LogP contribution in [0.2, 0.25) is 0 Å². The Hall–Kier alpha value is -0.340. The van der Waals surface area contributed by atoms with Gasteiger partial charge in [0.25, 0.3) is 0 Å². The number of nitrogens with one attached hydrogen (secondary N) is 1. The van der Waals surface area contributed by atoms with Crippen LogP contribution in [0, 0.1) is 5.92 Å². The van der Waals surface area contributed by atoms with Crippen LogP contribution in [0.4, 0.5) is 0 Å². The van der Waals surface area contributed by atoms with Gasteiger partial charge in [0.15, 0.2) is 0 Å². The molecule has 0 saturated carbocycles. The number of rotatable bonds is 3. The number of hydrogen-bond donors (Lipinski definition) is 1. The molecule has 1 aliphatic carbocycles. The van der Waals surface area contributed by atoms with Crippen LogP contribution >= 0.6 is 0 Å². The van der Waals surface area contributed by atoms with Crippen molar-refractivity contribution >= 4 is 0 Å². The zero-order valence-corrected chi connectivity index (χ0v) is 9.04. The third-order valence-electron chi connectivity index (χ3n) is 3.44. The summed E-state index contributed by atoms with van der Waals surface area (Å²) < 4.78 is 5.41. The Morgan fingerprint density at radius 1 is 1.36 bits per heavy atom. The second kappa shape index (κ2) is 4.94. The number of ether oxygens (including phenoxy) is 1. The van der Waals surface area contributed by atoms with E-state index in [4.69, 9.17) is 4.74 Å². The largest absolute Gasteiger partial charge is 0.381 e. The first-order valence-electron chi connectivity index (χ1n) is 5.85. The SMILES string of the molecule is CC(NC1CC=CCC1)C1CCOC1. The van der Waals surface area contributed by atoms with Crippen molar-refractivity contribution in [2.75, 3.05) is 13.2 Å². The van der Waals surface area contributed by atoms with Crippen LogP contribution in [0.1, 0.15) is 32.6 Å². The van der Waals surface area contributed by atoms with Crippen molar-refractivity contribution in [2.24, 2.45) is 5.92 Å². The van der Waals surface area contributed by atoms with Crippen molar-refractivity contribution in [3.05, 3.63) is 12.2 Å². The lowest BCUT2D eigenvalue weighted by Gasteiger charge is -2.27. The molecule has 0 spiro atoms. The van der Waals surface area contributed by atoms with E-state index in [0.29, 0.717) is 12.1 Å². The Morgan fingerprint density at radius 3 is 2.93 bits per heavy atom. The summed E-state index contributed by atoms with van der Waals surface area (Å²) in [5.41, 5.74) is 0. The lowest BCUT2D eigenvalue weighted by atomic mass is 9.96. The summed E-state index contributed by atoms with van der Waals surface area (Å²) in [4.78, 5) is 0. The quantitative estimate of drug-likeness (QED) is 0.696. The highest BCUT2D eigenvalue weighted by Gasteiger charge is 2.24. The van der Waals surface area contributed by atoms with E-state index in [0.717, 1.165) is 19.1 Å². The first-order valence-corrected chi connectivity index (χ1v) is 5.85. The number of allylic oxidation sites excluding steroid dienone is 1. The molecule has 1 heterocycles. The molecule has 0 aromatic rings. The van der Waals surface area contributed by atoms with Gasteiger partial charge in [0.1, 0.15) is 0 Å². The Labute approximate surface area is 86.7 Å².